The monoisotopic (exact) mass is 570 g/mol. The summed E-state index contributed by atoms with van der Waals surface area (Å²) < 4.78 is 11.7. The van der Waals surface area contributed by atoms with Crippen molar-refractivity contribution in [3.8, 4) is 11.5 Å². The van der Waals surface area contributed by atoms with Crippen molar-refractivity contribution in [2.45, 2.75) is 123 Å². The lowest BCUT2D eigenvalue weighted by molar-refractivity contribution is -0.121. The minimum atomic E-state index is -0.0427. The van der Waals surface area contributed by atoms with Crippen LogP contribution in [0.5, 0.6) is 11.5 Å². The normalized spacial score (nSPS) is 11.2. The molecule has 0 aromatic heterocycles. The molecule has 1 N–H and O–H groups in total. The van der Waals surface area contributed by atoms with Gasteiger partial charge in [0.25, 0.3) is 0 Å². The van der Waals surface area contributed by atoms with Crippen LogP contribution in [0, 0.1) is 0 Å². The van der Waals surface area contributed by atoms with Gasteiger partial charge < -0.3 is 9.47 Å². The van der Waals surface area contributed by atoms with Crippen molar-refractivity contribution in [2.75, 3.05) is 6.61 Å². The Bertz CT molecular complexity index is 962. The maximum absolute atomic E-state index is 12.2. The molecule has 0 atom stereocenters. The number of halogens is 1. The first kappa shape index (κ1) is 33.7. The molecule has 0 aliphatic carbocycles. The highest BCUT2D eigenvalue weighted by atomic mass is 35.5. The predicted molar refractivity (Wildman–Crippen MR) is 169 cm³/mol. The lowest BCUT2D eigenvalue weighted by atomic mass is 10.0. The second kappa shape index (κ2) is 22.2. The molecule has 0 spiro atoms. The summed E-state index contributed by atoms with van der Waals surface area (Å²) >= 11 is 5.95. The van der Waals surface area contributed by atoms with Gasteiger partial charge in [-0.05, 0) is 54.8 Å². The average molecular weight is 571 g/mol. The fourth-order valence-electron chi connectivity index (χ4n) is 4.63. The van der Waals surface area contributed by atoms with Crippen LogP contribution in [0.25, 0.3) is 0 Å². The fraction of sp³-hybridized carbons (Fsp3) is 0.588. The number of hydrazone groups is 1. The van der Waals surface area contributed by atoms with Gasteiger partial charge in [0.15, 0.2) is 11.5 Å². The van der Waals surface area contributed by atoms with Gasteiger partial charge in [0.1, 0.15) is 6.61 Å². The summed E-state index contributed by atoms with van der Waals surface area (Å²) in [4.78, 5) is 12.2. The van der Waals surface area contributed by atoms with E-state index in [2.05, 4.69) is 17.5 Å². The highest BCUT2D eigenvalue weighted by Crippen LogP contribution is 2.29. The second-order valence-electron chi connectivity index (χ2n) is 10.5. The smallest absolute Gasteiger partial charge is 0.240 e. The van der Waals surface area contributed by atoms with Crippen LogP contribution in [0.15, 0.2) is 47.6 Å². The van der Waals surface area contributed by atoms with Crippen LogP contribution < -0.4 is 14.9 Å². The summed E-state index contributed by atoms with van der Waals surface area (Å²) in [7, 11) is 0. The molecule has 0 fully saturated rings. The van der Waals surface area contributed by atoms with Gasteiger partial charge in [0.05, 0.1) is 12.8 Å². The molecule has 0 bridgehead atoms. The Morgan fingerprint density at radius 1 is 0.750 bits per heavy atom. The van der Waals surface area contributed by atoms with Crippen molar-refractivity contribution in [1.29, 1.82) is 0 Å². The van der Waals surface area contributed by atoms with E-state index in [1.54, 1.807) is 6.21 Å². The zero-order valence-corrected chi connectivity index (χ0v) is 25.7. The summed E-state index contributed by atoms with van der Waals surface area (Å²) in [6.07, 6.45) is 21.9. The molecule has 40 heavy (non-hydrogen) atoms. The van der Waals surface area contributed by atoms with Crippen LogP contribution in [0.2, 0.25) is 5.02 Å². The number of hydrogen-bond acceptors (Lipinski definition) is 4. The predicted octanol–water partition coefficient (Wildman–Crippen LogP) is 10.0. The Labute approximate surface area is 248 Å². The summed E-state index contributed by atoms with van der Waals surface area (Å²) in [5.74, 6) is 1.26. The fourth-order valence-corrected chi connectivity index (χ4v) is 4.75. The lowest BCUT2D eigenvalue weighted by Gasteiger charge is -2.12. The van der Waals surface area contributed by atoms with Gasteiger partial charge in [-0.1, -0.05) is 121 Å². The molecule has 0 saturated heterocycles. The Morgan fingerprint density at radius 2 is 1.32 bits per heavy atom. The molecule has 2 rings (SSSR count). The van der Waals surface area contributed by atoms with E-state index >= 15 is 0 Å². The lowest BCUT2D eigenvalue weighted by Crippen LogP contribution is -2.16. The van der Waals surface area contributed by atoms with Crippen molar-refractivity contribution in [1.82, 2.24) is 5.43 Å². The SMILES string of the molecule is CCCCCCCCCCCCCCCCCC(=O)N/N=C\c1ccc(OCc2ccc(Cl)cc2)c(OCC)c1. The van der Waals surface area contributed by atoms with Crippen molar-refractivity contribution >= 4 is 23.7 Å². The minimum Gasteiger partial charge on any atom is -0.490 e. The maximum Gasteiger partial charge on any atom is 0.240 e. The first-order chi connectivity index (χ1) is 19.6. The Balaban J connectivity index is 1.54. The number of nitrogens with one attached hydrogen (secondary N) is 1. The van der Waals surface area contributed by atoms with Gasteiger partial charge >= 0.3 is 0 Å². The van der Waals surface area contributed by atoms with E-state index in [0.29, 0.717) is 36.2 Å². The summed E-state index contributed by atoms with van der Waals surface area (Å²) in [6, 6.07) is 13.2. The maximum atomic E-state index is 12.2. The Kier molecular flexibility index (Phi) is 18.7. The van der Waals surface area contributed by atoms with Crippen molar-refractivity contribution in [2.24, 2.45) is 5.10 Å². The van der Waals surface area contributed by atoms with Gasteiger partial charge in [-0.3, -0.25) is 4.79 Å². The van der Waals surface area contributed by atoms with E-state index in [0.717, 1.165) is 24.0 Å². The van der Waals surface area contributed by atoms with E-state index < -0.39 is 0 Å². The summed E-state index contributed by atoms with van der Waals surface area (Å²) in [5.41, 5.74) is 4.50. The summed E-state index contributed by atoms with van der Waals surface area (Å²) in [5, 5.41) is 4.83. The highest BCUT2D eigenvalue weighted by Gasteiger charge is 2.07. The molecule has 0 aliphatic heterocycles. The van der Waals surface area contributed by atoms with Gasteiger partial charge in [0.2, 0.25) is 5.91 Å². The van der Waals surface area contributed by atoms with Crippen LogP contribution in [-0.2, 0) is 11.4 Å². The number of carbonyl (C=O) groups excluding carboxylic acids is 1. The van der Waals surface area contributed by atoms with Gasteiger partial charge in [-0.15, -0.1) is 0 Å². The molecule has 6 heteroatoms. The number of rotatable bonds is 23. The molecular weight excluding hydrogens is 520 g/mol. The summed E-state index contributed by atoms with van der Waals surface area (Å²) in [6.45, 7) is 5.15. The van der Waals surface area contributed by atoms with Crippen LogP contribution in [0.4, 0.5) is 0 Å². The number of amides is 1. The molecule has 5 nitrogen and oxygen atoms in total. The molecule has 2 aromatic carbocycles. The molecule has 2 aromatic rings. The molecular formula is C34H51ClN2O3. The number of nitrogens with zero attached hydrogens (tertiary/aromatic N) is 1. The number of unbranched alkanes of at least 4 members (excludes halogenated alkanes) is 14. The Hall–Kier alpha value is -2.53. The molecule has 222 valence electrons. The number of carbonyl (C=O) groups is 1. The van der Waals surface area contributed by atoms with Crippen LogP contribution >= 0.6 is 11.6 Å². The average Bonchev–Trinajstić information content (AvgIpc) is 2.95. The van der Waals surface area contributed by atoms with Crippen LogP contribution in [0.3, 0.4) is 0 Å². The molecule has 0 radical (unpaired) electrons. The third-order valence-electron chi connectivity index (χ3n) is 6.99. The number of ether oxygens (including phenoxy) is 2. The van der Waals surface area contributed by atoms with E-state index in [1.165, 1.54) is 83.5 Å². The second-order valence-corrected chi connectivity index (χ2v) is 11.0. The van der Waals surface area contributed by atoms with Crippen molar-refractivity contribution in [3.63, 3.8) is 0 Å². The van der Waals surface area contributed by atoms with Crippen LogP contribution in [-0.4, -0.2) is 18.7 Å². The highest BCUT2D eigenvalue weighted by molar-refractivity contribution is 6.30. The van der Waals surface area contributed by atoms with E-state index in [-0.39, 0.29) is 5.91 Å². The van der Waals surface area contributed by atoms with Crippen LogP contribution in [0.1, 0.15) is 128 Å². The van der Waals surface area contributed by atoms with Gasteiger partial charge in [-0.2, -0.15) is 5.10 Å². The molecule has 0 aliphatic rings. The zero-order valence-electron chi connectivity index (χ0n) is 24.9. The van der Waals surface area contributed by atoms with E-state index in [9.17, 15) is 4.79 Å². The van der Waals surface area contributed by atoms with E-state index in [4.69, 9.17) is 21.1 Å². The quantitative estimate of drug-likeness (QED) is 0.0821. The topological polar surface area (TPSA) is 59.9 Å². The first-order valence-corrected chi connectivity index (χ1v) is 16.0. The third kappa shape index (κ3) is 15.9. The van der Waals surface area contributed by atoms with Gasteiger partial charge in [-0.25, -0.2) is 5.43 Å². The standard InChI is InChI=1S/C34H51ClN2O3/c1-3-5-6-7-8-9-10-11-12-13-14-15-16-17-18-19-34(38)37-36-27-30-22-25-32(33(26-30)39-4-2)40-28-29-20-23-31(35)24-21-29/h20-27H,3-19,28H2,1-2H3,(H,37,38)/b36-27-. The molecule has 1 amide bonds. The van der Waals surface area contributed by atoms with Crippen molar-refractivity contribution < 1.29 is 14.3 Å². The molecule has 0 saturated carbocycles. The molecule has 0 heterocycles. The largest absolute Gasteiger partial charge is 0.490 e. The van der Waals surface area contributed by atoms with Gasteiger partial charge in [0, 0.05) is 11.4 Å². The minimum absolute atomic E-state index is 0.0427. The third-order valence-corrected chi connectivity index (χ3v) is 7.24. The van der Waals surface area contributed by atoms with Crippen molar-refractivity contribution in [3.05, 3.63) is 58.6 Å². The number of benzene rings is 2. The Morgan fingerprint density at radius 3 is 1.90 bits per heavy atom. The zero-order chi connectivity index (χ0) is 28.7. The number of hydrogen-bond donors (Lipinski definition) is 1. The molecule has 0 unspecified atom stereocenters. The van der Waals surface area contributed by atoms with E-state index in [1.807, 2.05) is 49.4 Å². The first-order valence-electron chi connectivity index (χ1n) is 15.6.